The first-order valence-corrected chi connectivity index (χ1v) is 6.40. The number of nitrogens with zero attached hydrogens (tertiary/aromatic N) is 2. The Bertz CT molecular complexity index is 434. The van der Waals surface area contributed by atoms with Crippen molar-refractivity contribution in [2.75, 3.05) is 19.6 Å². The van der Waals surface area contributed by atoms with Gasteiger partial charge in [-0.25, -0.2) is 0 Å². The molecule has 8 heteroatoms. The number of alkyl halides is 3. The molecule has 5 nitrogen and oxygen atoms in total. The Balaban J connectivity index is 1.82. The van der Waals surface area contributed by atoms with E-state index < -0.39 is 24.5 Å². The fraction of sp³-hybridized carbons (Fsp3) is 0.667. The molecule has 1 atom stereocenters. The quantitative estimate of drug-likeness (QED) is 0.914. The van der Waals surface area contributed by atoms with Gasteiger partial charge in [-0.1, -0.05) is 5.16 Å². The monoisotopic (exact) mass is 291 g/mol. The Morgan fingerprint density at radius 2 is 2.35 bits per heavy atom. The lowest BCUT2D eigenvalue weighted by Gasteiger charge is -2.31. The van der Waals surface area contributed by atoms with E-state index in [0.29, 0.717) is 19.5 Å². The smallest absolute Gasteiger partial charge is 0.364 e. The highest BCUT2D eigenvalue weighted by Gasteiger charge is 2.31. The number of halogens is 3. The van der Waals surface area contributed by atoms with Crippen LogP contribution in [-0.4, -0.2) is 41.8 Å². The Hall–Kier alpha value is -1.57. The number of nitrogens with one attached hydrogen (secondary N) is 1. The molecule has 1 amide bonds. The summed E-state index contributed by atoms with van der Waals surface area (Å²) in [5, 5.41) is 5.73. The summed E-state index contributed by atoms with van der Waals surface area (Å²) in [6, 6.07) is 1.73. The van der Waals surface area contributed by atoms with Crippen LogP contribution in [0.25, 0.3) is 0 Å². The molecule has 0 spiro atoms. The second-order valence-electron chi connectivity index (χ2n) is 4.90. The van der Waals surface area contributed by atoms with Gasteiger partial charge in [0.2, 0.25) is 5.91 Å². The molecule has 112 valence electrons. The lowest BCUT2D eigenvalue weighted by molar-refractivity contribution is -0.141. The molecule has 0 saturated carbocycles. The molecular formula is C12H16F3N3O2. The van der Waals surface area contributed by atoms with Gasteiger partial charge in [0, 0.05) is 19.2 Å². The number of likely N-dealkylation sites (tertiary alicyclic amines) is 1. The standard InChI is InChI=1S/C12H16F3N3O2/c13-12(14,15)8-16-11(19)9-2-1-4-18(6-9)7-10-3-5-20-17-10/h3,5,9H,1-2,4,6-8H2,(H,16,19)/t9-/m1/s1. The third-order valence-electron chi connectivity index (χ3n) is 3.22. The van der Waals surface area contributed by atoms with E-state index in [9.17, 15) is 18.0 Å². The van der Waals surface area contributed by atoms with Crippen LogP contribution in [0.2, 0.25) is 0 Å². The van der Waals surface area contributed by atoms with E-state index in [4.69, 9.17) is 4.52 Å². The largest absolute Gasteiger partial charge is 0.405 e. The number of aromatic nitrogens is 1. The molecule has 0 radical (unpaired) electrons. The number of hydrogen-bond acceptors (Lipinski definition) is 4. The lowest BCUT2D eigenvalue weighted by atomic mass is 9.97. The van der Waals surface area contributed by atoms with Crippen LogP contribution < -0.4 is 5.32 Å². The van der Waals surface area contributed by atoms with Crippen LogP contribution in [0, 0.1) is 5.92 Å². The van der Waals surface area contributed by atoms with Crippen LogP contribution in [0.4, 0.5) is 13.2 Å². The van der Waals surface area contributed by atoms with E-state index in [2.05, 4.69) is 5.16 Å². The van der Waals surface area contributed by atoms with Gasteiger partial charge in [0.25, 0.3) is 0 Å². The lowest BCUT2D eigenvalue weighted by Crippen LogP contribution is -2.44. The van der Waals surface area contributed by atoms with Gasteiger partial charge in [0.15, 0.2) is 0 Å². The molecule has 0 aliphatic carbocycles. The summed E-state index contributed by atoms with van der Waals surface area (Å²) in [5.41, 5.74) is 0.751. The van der Waals surface area contributed by atoms with Gasteiger partial charge in [0.1, 0.15) is 12.8 Å². The topological polar surface area (TPSA) is 58.4 Å². The highest BCUT2D eigenvalue weighted by atomic mass is 19.4. The number of piperidine rings is 1. The molecule has 0 aromatic carbocycles. The van der Waals surface area contributed by atoms with Crippen LogP contribution in [0.15, 0.2) is 16.9 Å². The minimum Gasteiger partial charge on any atom is -0.364 e. The SMILES string of the molecule is O=C(NCC(F)(F)F)[C@@H]1CCCN(Cc2ccon2)C1. The number of amides is 1. The third kappa shape index (κ3) is 4.52. The number of rotatable bonds is 4. The second-order valence-corrected chi connectivity index (χ2v) is 4.90. The van der Waals surface area contributed by atoms with Crippen molar-refractivity contribution < 1.29 is 22.5 Å². The van der Waals surface area contributed by atoms with Gasteiger partial charge in [-0.15, -0.1) is 0 Å². The third-order valence-corrected chi connectivity index (χ3v) is 3.22. The normalized spacial score (nSPS) is 20.9. The van der Waals surface area contributed by atoms with Gasteiger partial charge in [-0.3, -0.25) is 9.69 Å². The zero-order chi connectivity index (χ0) is 14.6. The molecule has 0 unspecified atom stereocenters. The average molecular weight is 291 g/mol. The Kier molecular flexibility index (Phi) is 4.64. The van der Waals surface area contributed by atoms with Crippen LogP contribution in [0.3, 0.4) is 0 Å². The minimum absolute atomic E-state index is 0.405. The first-order chi connectivity index (χ1) is 9.44. The molecule has 2 heterocycles. The predicted octanol–water partition coefficient (Wildman–Crippen LogP) is 1.57. The van der Waals surface area contributed by atoms with Gasteiger partial charge in [-0.05, 0) is 19.4 Å². The Morgan fingerprint density at radius 1 is 1.55 bits per heavy atom. The molecule has 1 aliphatic rings. The zero-order valence-electron chi connectivity index (χ0n) is 10.8. The van der Waals surface area contributed by atoms with Crippen molar-refractivity contribution in [2.45, 2.75) is 25.6 Å². The second kappa shape index (κ2) is 6.25. The predicted molar refractivity (Wildman–Crippen MR) is 63.6 cm³/mol. The summed E-state index contributed by atoms with van der Waals surface area (Å²) in [6.45, 7) is 0.512. The summed E-state index contributed by atoms with van der Waals surface area (Å²) < 4.78 is 40.9. The molecule has 1 aromatic heterocycles. The van der Waals surface area contributed by atoms with Crippen LogP contribution in [0.1, 0.15) is 18.5 Å². The van der Waals surface area contributed by atoms with E-state index in [0.717, 1.165) is 18.7 Å². The maximum absolute atomic E-state index is 12.1. The summed E-state index contributed by atoms with van der Waals surface area (Å²) in [4.78, 5) is 13.7. The molecule has 1 aliphatic heterocycles. The molecule has 1 fully saturated rings. The van der Waals surface area contributed by atoms with Crippen LogP contribution in [-0.2, 0) is 11.3 Å². The summed E-state index contributed by atoms with van der Waals surface area (Å²) in [6.07, 6.45) is -1.52. The van der Waals surface area contributed by atoms with Crippen LogP contribution in [0.5, 0.6) is 0 Å². The van der Waals surface area contributed by atoms with Crippen molar-refractivity contribution in [2.24, 2.45) is 5.92 Å². The minimum atomic E-state index is -4.37. The summed E-state index contributed by atoms with van der Waals surface area (Å²) in [5.74, 6) is -0.940. The maximum atomic E-state index is 12.1. The van der Waals surface area contributed by atoms with Gasteiger partial charge >= 0.3 is 6.18 Å². The first-order valence-electron chi connectivity index (χ1n) is 6.40. The Labute approximate surface area is 114 Å². The summed E-state index contributed by atoms with van der Waals surface area (Å²) >= 11 is 0. The first kappa shape index (κ1) is 14.8. The van der Waals surface area contributed by atoms with Gasteiger partial charge < -0.3 is 9.84 Å². The summed E-state index contributed by atoms with van der Waals surface area (Å²) in [7, 11) is 0. The van der Waals surface area contributed by atoms with Crippen molar-refractivity contribution in [3.8, 4) is 0 Å². The van der Waals surface area contributed by atoms with E-state index >= 15 is 0 Å². The average Bonchev–Trinajstić information content (AvgIpc) is 2.88. The maximum Gasteiger partial charge on any atom is 0.405 e. The highest BCUT2D eigenvalue weighted by molar-refractivity contribution is 5.79. The van der Waals surface area contributed by atoms with Gasteiger partial charge in [-0.2, -0.15) is 13.2 Å². The highest BCUT2D eigenvalue weighted by Crippen LogP contribution is 2.19. The molecule has 1 saturated heterocycles. The van der Waals surface area contributed by atoms with Crippen molar-refractivity contribution in [3.05, 3.63) is 18.0 Å². The number of hydrogen-bond donors (Lipinski definition) is 1. The molecule has 1 N–H and O–H groups in total. The fourth-order valence-corrected chi connectivity index (χ4v) is 2.29. The molecule has 2 rings (SSSR count). The van der Waals surface area contributed by atoms with E-state index in [-0.39, 0.29) is 0 Å². The molecule has 1 aromatic rings. The molecule has 20 heavy (non-hydrogen) atoms. The van der Waals surface area contributed by atoms with Crippen LogP contribution >= 0.6 is 0 Å². The zero-order valence-corrected chi connectivity index (χ0v) is 10.8. The van der Waals surface area contributed by atoms with Crippen molar-refractivity contribution in [1.29, 1.82) is 0 Å². The Morgan fingerprint density at radius 3 is 3.00 bits per heavy atom. The number of carbonyl (C=O) groups is 1. The van der Waals surface area contributed by atoms with E-state index in [1.165, 1.54) is 6.26 Å². The van der Waals surface area contributed by atoms with E-state index in [1.54, 1.807) is 6.07 Å². The van der Waals surface area contributed by atoms with Gasteiger partial charge in [0.05, 0.1) is 11.6 Å². The fourth-order valence-electron chi connectivity index (χ4n) is 2.29. The van der Waals surface area contributed by atoms with Crippen molar-refractivity contribution in [1.82, 2.24) is 15.4 Å². The van der Waals surface area contributed by atoms with Crippen molar-refractivity contribution >= 4 is 5.91 Å². The number of carbonyl (C=O) groups excluding carboxylic acids is 1. The van der Waals surface area contributed by atoms with E-state index in [1.807, 2.05) is 10.2 Å². The molecule has 0 bridgehead atoms. The van der Waals surface area contributed by atoms with Crippen molar-refractivity contribution in [3.63, 3.8) is 0 Å². The molecular weight excluding hydrogens is 275 g/mol.